The van der Waals surface area contributed by atoms with Crippen molar-refractivity contribution in [3.63, 3.8) is 0 Å². The van der Waals surface area contributed by atoms with Gasteiger partial charge in [-0.1, -0.05) is 35.9 Å². The number of hydrogen-bond acceptors (Lipinski definition) is 5. The third-order valence-corrected chi connectivity index (χ3v) is 7.08. The number of hydrogen-bond donors (Lipinski definition) is 1. The fourth-order valence-electron chi connectivity index (χ4n) is 4.40. The van der Waals surface area contributed by atoms with E-state index in [1.165, 1.54) is 16.0 Å². The molecule has 2 aliphatic rings. The minimum atomic E-state index is -0.395. The summed E-state index contributed by atoms with van der Waals surface area (Å²) in [4.78, 5) is 33.7. The summed E-state index contributed by atoms with van der Waals surface area (Å²) >= 11 is 1.78. The standard InChI is InChI=1S/C24H32N4O2S/c1-19-5-7-20(8-6-19)17-28-12-9-25-24(30)22(28)16-23(29)27-11-3-10-26(13-14-27)18-21-4-2-15-31-21/h2,4-8,15,22H,3,9-14,16-18H2,1H3,(H,25,30)/t22-/m1/s1. The summed E-state index contributed by atoms with van der Waals surface area (Å²) in [6, 6.07) is 12.3. The van der Waals surface area contributed by atoms with E-state index in [1.807, 2.05) is 4.90 Å². The van der Waals surface area contributed by atoms with Crippen molar-refractivity contribution in [2.45, 2.75) is 38.9 Å². The first-order chi connectivity index (χ1) is 15.1. The molecule has 6 nitrogen and oxygen atoms in total. The molecule has 31 heavy (non-hydrogen) atoms. The molecule has 0 bridgehead atoms. The first-order valence-electron chi connectivity index (χ1n) is 11.2. The lowest BCUT2D eigenvalue weighted by molar-refractivity contribution is -0.139. The molecule has 2 aromatic rings. The van der Waals surface area contributed by atoms with E-state index in [2.05, 4.69) is 63.8 Å². The van der Waals surface area contributed by atoms with E-state index >= 15 is 0 Å². The Morgan fingerprint density at radius 1 is 1.06 bits per heavy atom. The molecule has 2 aliphatic heterocycles. The Morgan fingerprint density at radius 3 is 2.68 bits per heavy atom. The van der Waals surface area contributed by atoms with Gasteiger partial charge in [0.25, 0.3) is 0 Å². The zero-order valence-electron chi connectivity index (χ0n) is 18.3. The molecule has 4 rings (SSSR count). The molecule has 3 heterocycles. The fourth-order valence-corrected chi connectivity index (χ4v) is 5.14. The van der Waals surface area contributed by atoms with Crippen LogP contribution in [0.3, 0.4) is 0 Å². The maximum atomic E-state index is 13.1. The molecule has 166 valence electrons. The average molecular weight is 441 g/mol. The lowest BCUT2D eigenvalue weighted by atomic mass is 10.1. The molecule has 1 aromatic heterocycles. The van der Waals surface area contributed by atoms with Gasteiger partial charge in [0.15, 0.2) is 0 Å². The van der Waals surface area contributed by atoms with Gasteiger partial charge in [-0.2, -0.15) is 0 Å². The Morgan fingerprint density at radius 2 is 1.90 bits per heavy atom. The Kier molecular flexibility index (Phi) is 7.37. The van der Waals surface area contributed by atoms with Crippen molar-refractivity contribution in [3.8, 4) is 0 Å². The molecular weight excluding hydrogens is 408 g/mol. The second-order valence-corrected chi connectivity index (χ2v) is 9.59. The van der Waals surface area contributed by atoms with Gasteiger partial charge in [0, 0.05) is 57.2 Å². The number of thiophene rings is 1. The van der Waals surface area contributed by atoms with Crippen LogP contribution < -0.4 is 5.32 Å². The van der Waals surface area contributed by atoms with Gasteiger partial charge >= 0.3 is 0 Å². The molecule has 0 spiro atoms. The van der Waals surface area contributed by atoms with Crippen LogP contribution >= 0.6 is 11.3 Å². The second-order valence-electron chi connectivity index (χ2n) is 8.56. The molecule has 1 atom stereocenters. The summed E-state index contributed by atoms with van der Waals surface area (Å²) in [6.45, 7) is 8.52. The van der Waals surface area contributed by atoms with Crippen LogP contribution in [-0.2, 0) is 22.7 Å². The van der Waals surface area contributed by atoms with Crippen molar-refractivity contribution < 1.29 is 9.59 Å². The van der Waals surface area contributed by atoms with Gasteiger partial charge in [-0.15, -0.1) is 11.3 Å². The largest absolute Gasteiger partial charge is 0.353 e. The highest BCUT2D eigenvalue weighted by molar-refractivity contribution is 7.09. The first kappa shape index (κ1) is 22.0. The van der Waals surface area contributed by atoms with Crippen molar-refractivity contribution in [3.05, 3.63) is 57.8 Å². The van der Waals surface area contributed by atoms with Crippen LogP contribution in [0, 0.1) is 6.92 Å². The van der Waals surface area contributed by atoms with E-state index in [0.29, 0.717) is 13.1 Å². The maximum absolute atomic E-state index is 13.1. The van der Waals surface area contributed by atoms with E-state index in [1.54, 1.807) is 11.3 Å². The molecule has 2 saturated heterocycles. The Bertz CT molecular complexity index is 868. The van der Waals surface area contributed by atoms with E-state index in [4.69, 9.17) is 0 Å². The van der Waals surface area contributed by atoms with Gasteiger partial charge in [0.1, 0.15) is 0 Å². The summed E-state index contributed by atoms with van der Waals surface area (Å²) in [5, 5.41) is 5.06. The topological polar surface area (TPSA) is 55.9 Å². The van der Waals surface area contributed by atoms with Crippen LogP contribution in [0.5, 0.6) is 0 Å². The van der Waals surface area contributed by atoms with Gasteiger partial charge in [-0.25, -0.2) is 0 Å². The highest BCUT2D eigenvalue weighted by atomic mass is 32.1. The summed E-state index contributed by atoms with van der Waals surface area (Å²) in [7, 11) is 0. The smallest absolute Gasteiger partial charge is 0.237 e. The minimum Gasteiger partial charge on any atom is -0.353 e. The highest BCUT2D eigenvalue weighted by Crippen LogP contribution is 2.18. The van der Waals surface area contributed by atoms with Crippen LogP contribution in [0.25, 0.3) is 0 Å². The van der Waals surface area contributed by atoms with E-state index in [9.17, 15) is 9.59 Å². The Hall–Kier alpha value is -2.22. The number of carbonyl (C=O) groups is 2. The van der Waals surface area contributed by atoms with Crippen LogP contribution in [-0.4, -0.2) is 71.8 Å². The maximum Gasteiger partial charge on any atom is 0.237 e. The molecule has 1 N–H and O–H groups in total. The molecule has 0 radical (unpaired) electrons. The van der Waals surface area contributed by atoms with Gasteiger partial charge in [0.05, 0.1) is 12.5 Å². The minimum absolute atomic E-state index is 0.0270. The lowest BCUT2D eigenvalue weighted by Crippen LogP contribution is -2.56. The predicted molar refractivity (Wildman–Crippen MR) is 124 cm³/mol. The van der Waals surface area contributed by atoms with Crippen LogP contribution in [0.1, 0.15) is 28.8 Å². The molecule has 2 fully saturated rings. The third-order valence-electron chi connectivity index (χ3n) is 6.22. The predicted octanol–water partition coefficient (Wildman–Crippen LogP) is 2.48. The number of nitrogens with zero attached hydrogens (tertiary/aromatic N) is 3. The summed E-state index contributed by atoms with van der Waals surface area (Å²) in [5.74, 6) is 0.0646. The Labute approximate surface area is 188 Å². The lowest BCUT2D eigenvalue weighted by Gasteiger charge is -2.35. The van der Waals surface area contributed by atoms with Gasteiger partial charge in [-0.05, 0) is 30.4 Å². The van der Waals surface area contributed by atoms with Crippen LogP contribution in [0.4, 0.5) is 0 Å². The summed E-state index contributed by atoms with van der Waals surface area (Å²) < 4.78 is 0. The normalized spacial score (nSPS) is 21.0. The van der Waals surface area contributed by atoms with E-state index in [0.717, 1.165) is 45.7 Å². The van der Waals surface area contributed by atoms with Gasteiger partial charge in [0.2, 0.25) is 11.8 Å². The molecular formula is C24H32N4O2S. The average Bonchev–Trinajstić information content (AvgIpc) is 3.16. The van der Waals surface area contributed by atoms with Gasteiger partial charge < -0.3 is 10.2 Å². The van der Waals surface area contributed by atoms with Crippen LogP contribution in [0.15, 0.2) is 41.8 Å². The second kappa shape index (κ2) is 10.4. The van der Waals surface area contributed by atoms with Crippen molar-refractivity contribution in [1.29, 1.82) is 0 Å². The van der Waals surface area contributed by atoms with Crippen LogP contribution in [0.2, 0.25) is 0 Å². The molecule has 0 saturated carbocycles. The van der Waals surface area contributed by atoms with Gasteiger partial charge in [-0.3, -0.25) is 19.4 Å². The third kappa shape index (κ3) is 5.93. The monoisotopic (exact) mass is 440 g/mol. The number of rotatable bonds is 6. The number of amides is 2. The zero-order valence-corrected chi connectivity index (χ0v) is 19.1. The number of piperazine rings is 1. The summed E-state index contributed by atoms with van der Waals surface area (Å²) in [6.07, 6.45) is 1.23. The number of nitrogens with one attached hydrogen (secondary N) is 1. The molecule has 1 aromatic carbocycles. The SMILES string of the molecule is Cc1ccc(CN2CCNC(=O)[C@H]2CC(=O)N2CCCN(Cc3cccs3)CC2)cc1. The number of carbonyl (C=O) groups excluding carboxylic acids is 2. The number of benzene rings is 1. The summed E-state index contributed by atoms with van der Waals surface area (Å²) in [5.41, 5.74) is 2.40. The Balaban J connectivity index is 1.34. The highest BCUT2D eigenvalue weighted by Gasteiger charge is 2.33. The van der Waals surface area contributed by atoms with Crippen molar-refractivity contribution >= 4 is 23.2 Å². The van der Waals surface area contributed by atoms with Crippen molar-refractivity contribution in [1.82, 2.24) is 20.0 Å². The number of aryl methyl sites for hydroxylation is 1. The molecule has 2 amide bonds. The van der Waals surface area contributed by atoms with Crippen molar-refractivity contribution in [2.24, 2.45) is 0 Å². The van der Waals surface area contributed by atoms with E-state index < -0.39 is 6.04 Å². The zero-order chi connectivity index (χ0) is 21.6. The van der Waals surface area contributed by atoms with E-state index in [-0.39, 0.29) is 18.2 Å². The molecule has 7 heteroatoms. The quantitative estimate of drug-likeness (QED) is 0.750. The van der Waals surface area contributed by atoms with Crippen molar-refractivity contribution in [2.75, 3.05) is 39.3 Å². The first-order valence-corrected chi connectivity index (χ1v) is 12.1. The molecule has 0 aliphatic carbocycles. The molecule has 0 unspecified atom stereocenters. The fraction of sp³-hybridized carbons (Fsp3) is 0.500.